The van der Waals surface area contributed by atoms with Crippen LogP contribution < -0.4 is 5.32 Å². The van der Waals surface area contributed by atoms with Crippen LogP contribution in [0.1, 0.15) is 58.5 Å². The van der Waals surface area contributed by atoms with Crippen molar-refractivity contribution in [3.8, 4) is 0 Å². The van der Waals surface area contributed by atoms with E-state index in [2.05, 4.69) is 29.5 Å². The van der Waals surface area contributed by atoms with Gasteiger partial charge in [-0.25, -0.2) is 9.97 Å². The molecule has 1 N–H and O–H groups in total. The van der Waals surface area contributed by atoms with E-state index in [0.29, 0.717) is 0 Å². The SMILES string of the molecule is CCCNC(c1nc(C)cs1)c1nc2c(s1)CCCC2. The van der Waals surface area contributed by atoms with Crippen LogP contribution in [0, 0.1) is 6.92 Å². The summed E-state index contributed by atoms with van der Waals surface area (Å²) in [5.41, 5.74) is 2.45. The molecule has 2 aromatic heterocycles. The van der Waals surface area contributed by atoms with Gasteiger partial charge >= 0.3 is 0 Å². The van der Waals surface area contributed by atoms with Gasteiger partial charge in [0.25, 0.3) is 0 Å². The number of rotatable bonds is 5. The third-order valence-electron chi connectivity index (χ3n) is 3.59. The molecule has 5 heteroatoms. The summed E-state index contributed by atoms with van der Waals surface area (Å²) in [5, 5.41) is 8.11. The van der Waals surface area contributed by atoms with Gasteiger partial charge in [-0.2, -0.15) is 0 Å². The molecule has 0 saturated carbocycles. The maximum Gasteiger partial charge on any atom is 0.117 e. The van der Waals surface area contributed by atoms with Crippen LogP contribution in [0.2, 0.25) is 0 Å². The molecule has 0 spiro atoms. The van der Waals surface area contributed by atoms with Crippen molar-refractivity contribution in [2.24, 2.45) is 0 Å². The Labute approximate surface area is 128 Å². The molecule has 1 aliphatic rings. The minimum Gasteiger partial charge on any atom is -0.302 e. The number of thiazole rings is 2. The van der Waals surface area contributed by atoms with Gasteiger partial charge in [0.2, 0.25) is 0 Å². The van der Waals surface area contributed by atoms with E-state index >= 15 is 0 Å². The van der Waals surface area contributed by atoms with Crippen LogP contribution in [-0.4, -0.2) is 16.5 Å². The minimum atomic E-state index is 0.184. The molecule has 1 atom stereocenters. The van der Waals surface area contributed by atoms with Crippen molar-refractivity contribution in [2.75, 3.05) is 6.54 Å². The average molecular weight is 307 g/mol. The molecule has 0 aromatic carbocycles. The molecule has 0 radical (unpaired) electrons. The molecule has 1 unspecified atom stereocenters. The van der Waals surface area contributed by atoms with Gasteiger partial charge in [0.05, 0.1) is 5.69 Å². The summed E-state index contributed by atoms with van der Waals surface area (Å²) in [7, 11) is 0. The number of hydrogen-bond donors (Lipinski definition) is 1. The number of nitrogens with zero attached hydrogens (tertiary/aromatic N) is 2. The van der Waals surface area contributed by atoms with Gasteiger partial charge in [-0.15, -0.1) is 22.7 Å². The molecular weight excluding hydrogens is 286 g/mol. The Morgan fingerprint density at radius 1 is 1.25 bits per heavy atom. The largest absolute Gasteiger partial charge is 0.302 e. The molecule has 20 heavy (non-hydrogen) atoms. The first kappa shape index (κ1) is 14.2. The van der Waals surface area contributed by atoms with E-state index in [4.69, 9.17) is 4.98 Å². The Kier molecular flexibility index (Phi) is 4.48. The Bertz CT molecular complexity index is 550. The van der Waals surface area contributed by atoms with E-state index in [0.717, 1.165) is 30.1 Å². The number of hydrogen-bond acceptors (Lipinski definition) is 5. The first-order chi connectivity index (χ1) is 9.78. The normalized spacial score (nSPS) is 16.1. The molecule has 0 aliphatic heterocycles. The molecule has 108 valence electrons. The van der Waals surface area contributed by atoms with Gasteiger partial charge in [-0.05, 0) is 45.6 Å². The molecule has 0 saturated heterocycles. The highest BCUT2D eigenvalue weighted by molar-refractivity contribution is 7.12. The predicted octanol–water partition coefficient (Wildman–Crippen LogP) is 3.88. The smallest absolute Gasteiger partial charge is 0.117 e. The van der Waals surface area contributed by atoms with Crippen molar-refractivity contribution in [3.05, 3.63) is 31.7 Å². The van der Waals surface area contributed by atoms with E-state index in [1.54, 1.807) is 11.3 Å². The summed E-state index contributed by atoms with van der Waals surface area (Å²) in [6.45, 7) is 5.27. The Balaban J connectivity index is 1.90. The van der Waals surface area contributed by atoms with Crippen molar-refractivity contribution < 1.29 is 0 Å². The summed E-state index contributed by atoms with van der Waals surface area (Å²) in [6.07, 6.45) is 6.11. The maximum atomic E-state index is 4.91. The van der Waals surface area contributed by atoms with Crippen molar-refractivity contribution in [1.29, 1.82) is 0 Å². The summed E-state index contributed by atoms with van der Waals surface area (Å²) in [5.74, 6) is 0. The van der Waals surface area contributed by atoms with Crippen LogP contribution in [-0.2, 0) is 12.8 Å². The first-order valence-electron chi connectivity index (χ1n) is 7.41. The van der Waals surface area contributed by atoms with Crippen molar-refractivity contribution in [3.63, 3.8) is 0 Å². The molecule has 3 nitrogen and oxygen atoms in total. The van der Waals surface area contributed by atoms with E-state index in [1.807, 2.05) is 11.3 Å². The van der Waals surface area contributed by atoms with Crippen molar-refractivity contribution in [2.45, 2.75) is 52.0 Å². The lowest BCUT2D eigenvalue weighted by Gasteiger charge is -2.13. The Hall–Kier alpha value is -0.780. The van der Waals surface area contributed by atoms with Crippen molar-refractivity contribution >= 4 is 22.7 Å². The zero-order valence-electron chi connectivity index (χ0n) is 12.1. The van der Waals surface area contributed by atoms with Crippen LogP contribution in [0.25, 0.3) is 0 Å². The second-order valence-corrected chi connectivity index (χ2v) is 7.35. The summed E-state index contributed by atoms with van der Waals surface area (Å²) in [4.78, 5) is 11.1. The Morgan fingerprint density at radius 3 is 2.80 bits per heavy atom. The maximum absolute atomic E-state index is 4.91. The highest BCUT2D eigenvalue weighted by Gasteiger charge is 2.23. The Morgan fingerprint density at radius 2 is 2.10 bits per heavy atom. The van der Waals surface area contributed by atoms with Crippen LogP contribution >= 0.6 is 22.7 Å². The first-order valence-corrected chi connectivity index (χ1v) is 9.11. The third kappa shape index (κ3) is 2.95. The molecule has 2 heterocycles. The van der Waals surface area contributed by atoms with Gasteiger partial charge < -0.3 is 5.32 Å². The van der Waals surface area contributed by atoms with Gasteiger partial charge in [-0.1, -0.05) is 6.92 Å². The number of aryl methyl sites for hydroxylation is 3. The van der Waals surface area contributed by atoms with E-state index in [1.165, 1.54) is 34.8 Å². The quantitative estimate of drug-likeness (QED) is 0.911. The van der Waals surface area contributed by atoms with Gasteiger partial charge in [0.1, 0.15) is 16.1 Å². The molecule has 2 aromatic rings. The standard InChI is InChI=1S/C15H21N3S2/c1-3-8-16-13(14-17-10(2)9-19-14)15-18-11-6-4-5-7-12(11)20-15/h9,13,16H,3-8H2,1-2H3. The van der Waals surface area contributed by atoms with Crippen LogP contribution in [0.5, 0.6) is 0 Å². The fraction of sp³-hybridized carbons (Fsp3) is 0.600. The predicted molar refractivity (Wildman–Crippen MR) is 85.7 cm³/mol. The van der Waals surface area contributed by atoms with E-state index < -0.39 is 0 Å². The van der Waals surface area contributed by atoms with Gasteiger partial charge in [0, 0.05) is 16.0 Å². The second-order valence-electron chi connectivity index (χ2n) is 5.34. The van der Waals surface area contributed by atoms with Crippen molar-refractivity contribution in [1.82, 2.24) is 15.3 Å². The summed E-state index contributed by atoms with van der Waals surface area (Å²) < 4.78 is 0. The third-order valence-corrected chi connectivity index (χ3v) is 5.84. The van der Waals surface area contributed by atoms with Crippen LogP contribution in [0.4, 0.5) is 0 Å². The molecule has 0 amide bonds. The summed E-state index contributed by atoms with van der Waals surface area (Å²) in [6, 6.07) is 0.184. The average Bonchev–Trinajstić information content (AvgIpc) is 3.05. The van der Waals surface area contributed by atoms with Crippen LogP contribution in [0.3, 0.4) is 0 Å². The lowest BCUT2D eigenvalue weighted by atomic mass is 10.0. The lowest BCUT2D eigenvalue weighted by molar-refractivity contribution is 0.589. The monoisotopic (exact) mass is 307 g/mol. The van der Waals surface area contributed by atoms with Crippen LogP contribution in [0.15, 0.2) is 5.38 Å². The fourth-order valence-corrected chi connectivity index (χ4v) is 4.75. The van der Waals surface area contributed by atoms with E-state index in [-0.39, 0.29) is 6.04 Å². The highest BCUT2D eigenvalue weighted by atomic mass is 32.1. The molecular formula is C15H21N3S2. The molecule has 0 fully saturated rings. The molecule has 0 bridgehead atoms. The zero-order chi connectivity index (χ0) is 13.9. The minimum absolute atomic E-state index is 0.184. The van der Waals surface area contributed by atoms with E-state index in [9.17, 15) is 0 Å². The number of aromatic nitrogens is 2. The fourth-order valence-electron chi connectivity index (χ4n) is 2.57. The zero-order valence-corrected chi connectivity index (χ0v) is 13.7. The number of nitrogens with one attached hydrogen (secondary N) is 1. The van der Waals surface area contributed by atoms with Gasteiger partial charge in [-0.3, -0.25) is 0 Å². The lowest BCUT2D eigenvalue weighted by Crippen LogP contribution is -2.23. The van der Waals surface area contributed by atoms with Gasteiger partial charge in [0.15, 0.2) is 0 Å². The second kappa shape index (κ2) is 6.33. The molecule has 1 aliphatic carbocycles. The number of fused-ring (bicyclic) bond motifs is 1. The topological polar surface area (TPSA) is 37.8 Å². The summed E-state index contributed by atoms with van der Waals surface area (Å²) >= 11 is 3.63. The molecule has 3 rings (SSSR count). The highest BCUT2D eigenvalue weighted by Crippen LogP contribution is 2.33.